The lowest BCUT2D eigenvalue weighted by Crippen LogP contribution is -2.29. The summed E-state index contributed by atoms with van der Waals surface area (Å²) in [5.41, 5.74) is 3.36. The highest BCUT2D eigenvalue weighted by Gasteiger charge is 2.17. The highest BCUT2D eigenvalue weighted by Crippen LogP contribution is 2.28. The summed E-state index contributed by atoms with van der Waals surface area (Å²) >= 11 is 0. The van der Waals surface area contributed by atoms with E-state index in [2.05, 4.69) is 10.6 Å². The molecule has 0 saturated carbocycles. The van der Waals surface area contributed by atoms with Crippen LogP contribution in [0.15, 0.2) is 89.3 Å². The molecule has 2 N–H and O–H groups in total. The fraction of sp³-hybridized carbons (Fsp3) is 0.120. The average molecular weight is 398 g/mol. The molecule has 0 aliphatic rings. The van der Waals surface area contributed by atoms with Gasteiger partial charge in [-0.1, -0.05) is 48.5 Å². The second-order valence-corrected chi connectivity index (χ2v) is 7.14. The van der Waals surface area contributed by atoms with Crippen molar-refractivity contribution in [3.8, 4) is 11.3 Å². The van der Waals surface area contributed by atoms with Crippen molar-refractivity contribution in [2.45, 2.75) is 19.4 Å². The Morgan fingerprint density at radius 1 is 0.900 bits per heavy atom. The van der Waals surface area contributed by atoms with E-state index < -0.39 is 0 Å². The van der Waals surface area contributed by atoms with Gasteiger partial charge in [0.05, 0.1) is 12.5 Å². The summed E-state index contributed by atoms with van der Waals surface area (Å²) in [6.07, 6.45) is 0.148. The molecule has 1 aromatic heterocycles. The molecule has 0 saturated heterocycles. The predicted octanol–water partition coefficient (Wildman–Crippen LogP) is 5.31. The van der Waals surface area contributed by atoms with Crippen LogP contribution in [-0.4, -0.2) is 11.8 Å². The second-order valence-electron chi connectivity index (χ2n) is 7.14. The van der Waals surface area contributed by atoms with E-state index >= 15 is 0 Å². The molecule has 1 atom stereocenters. The number of hydrogen-bond donors (Lipinski definition) is 2. The van der Waals surface area contributed by atoms with E-state index in [0.717, 1.165) is 27.9 Å². The first-order valence-electron chi connectivity index (χ1n) is 9.79. The highest BCUT2D eigenvalue weighted by molar-refractivity contribution is 5.92. The Kier molecular flexibility index (Phi) is 5.61. The predicted molar refractivity (Wildman–Crippen MR) is 118 cm³/mol. The van der Waals surface area contributed by atoms with Crippen molar-refractivity contribution >= 4 is 28.5 Å². The molecule has 0 radical (unpaired) electrons. The van der Waals surface area contributed by atoms with E-state index in [9.17, 15) is 9.59 Å². The van der Waals surface area contributed by atoms with E-state index in [1.54, 1.807) is 0 Å². The molecule has 0 aliphatic heterocycles. The van der Waals surface area contributed by atoms with Gasteiger partial charge in [0.15, 0.2) is 0 Å². The van der Waals surface area contributed by atoms with E-state index in [1.807, 2.05) is 84.9 Å². The third-order valence-electron chi connectivity index (χ3n) is 4.85. The van der Waals surface area contributed by atoms with E-state index in [-0.39, 0.29) is 24.3 Å². The van der Waals surface area contributed by atoms with Gasteiger partial charge < -0.3 is 15.1 Å². The molecule has 0 aliphatic carbocycles. The summed E-state index contributed by atoms with van der Waals surface area (Å²) < 4.78 is 5.89. The molecule has 0 fully saturated rings. The summed E-state index contributed by atoms with van der Waals surface area (Å²) in [6, 6.07) is 26.5. The molecule has 4 rings (SSSR count). The van der Waals surface area contributed by atoms with Gasteiger partial charge in [-0.3, -0.25) is 9.59 Å². The first-order chi connectivity index (χ1) is 14.6. The van der Waals surface area contributed by atoms with Crippen molar-refractivity contribution in [2.24, 2.45) is 0 Å². The van der Waals surface area contributed by atoms with Gasteiger partial charge in [-0.15, -0.1) is 0 Å². The van der Waals surface area contributed by atoms with Crippen molar-refractivity contribution in [1.29, 1.82) is 0 Å². The summed E-state index contributed by atoms with van der Waals surface area (Å²) in [5, 5.41) is 6.79. The van der Waals surface area contributed by atoms with Crippen molar-refractivity contribution in [2.75, 3.05) is 5.32 Å². The Bertz CT molecular complexity index is 1130. The van der Waals surface area contributed by atoms with Crippen molar-refractivity contribution in [3.05, 3.63) is 90.5 Å². The lowest BCUT2D eigenvalue weighted by atomic mass is 10.0. The number of nitrogens with one attached hydrogen (secondary N) is 2. The number of carbonyl (C=O) groups excluding carboxylic acids is 2. The third-order valence-corrected chi connectivity index (χ3v) is 4.85. The molecular weight excluding hydrogens is 376 g/mol. The maximum Gasteiger partial charge on any atom is 0.226 e. The maximum atomic E-state index is 12.6. The molecule has 1 unspecified atom stereocenters. The fourth-order valence-corrected chi connectivity index (χ4v) is 3.42. The third kappa shape index (κ3) is 4.58. The SMILES string of the molecule is CC(=O)NC(CC(=O)Nc1ccc(-c2cc3ccccc3o2)cc1)c1ccccc1. The van der Waals surface area contributed by atoms with Gasteiger partial charge in [0.1, 0.15) is 11.3 Å². The minimum atomic E-state index is -0.376. The van der Waals surface area contributed by atoms with Crippen LogP contribution in [0.4, 0.5) is 5.69 Å². The smallest absolute Gasteiger partial charge is 0.226 e. The molecule has 2 amide bonds. The number of rotatable bonds is 6. The monoisotopic (exact) mass is 398 g/mol. The van der Waals surface area contributed by atoms with Crippen molar-refractivity contribution in [1.82, 2.24) is 5.32 Å². The molecule has 0 spiro atoms. The zero-order chi connectivity index (χ0) is 20.9. The van der Waals surface area contributed by atoms with Crippen LogP contribution in [-0.2, 0) is 9.59 Å². The van der Waals surface area contributed by atoms with Crippen LogP contribution >= 0.6 is 0 Å². The van der Waals surface area contributed by atoms with Gasteiger partial charge in [0.25, 0.3) is 0 Å². The summed E-state index contributed by atoms with van der Waals surface area (Å²) in [5.74, 6) is 0.435. The zero-order valence-electron chi connectivity index (χ0n) is 16.6. The van der Waals surface area contributed by atoms with Crippen molar-refractivity contribution in [3.63, 3.8) is 0 Å². The number of fused-ring (bicyclic) bond motifs is 1. The Labute approximate surface area is 174 Å². The van der Waals surface area contributed by atoms with Crippen LogP contribution in [0.5, 0.6) is 0 Å². The molecule has 3 aromatic carbocycles. The lowest BCUT2D eigenvalue weighted by molar-refractivity contribution is -0.120. The lowest BCUT2D eigenvalue weighted by Gasteiger charge is -2.18. The Balaban J connectivity index is 1.44. The normalized spacial score (nSPS) is 11.8. The standard InChI is InChI=1S/C25H22N2O3/c1-17(28)26-22(18-7-3-2-4-8-18)16-25(29)27-21-13-11-19(12-14-21)24-15-20-9-5-6-10-23(20)30-24/h2-15,22H,16H2,1H3,(H,26,28)(H,27,29). The molecule has 150 valence electrons. The van der Waals surface area contributed by atoms with Crippen LogP contribution in [0.25, 0.3) is 22.3 Å². The molecule has 0 bridgehead atoms. The molecule has 5 heteroatoms. The van der Waals surface area contributed by atoms with Gasteiger partial charge in [-0.05, 0) is 42.0 Å². The number of furan rings is 1. The summed E-state index contributed by atoms with van der Waals surface area (Å²) in [6.45, 7) is 1.45. The van der Waals surface area contributed by atoms with Crippen LogP contribution in [0.3, 0.4) is 0 Å². The quantitative estimate of drug-likeness (QED) is 0.463. The summed E-state index contributed by atoms with van der Waals surface area (Å²) in [4.78, 5) is 24.1. The zero-order valence-corrected chi connectivity index (χ0v) is 16.6. The number of para-hydroxylation sites is 1. The van der Waals surface area contributed by atoms with Gasteiger partial charge in [0, 0.05) is 23.6 Å². The van der Waals surface area contributed by atoms with Gasteiger partial charge in [0.2, 0.25) is 11.8 Å². The molecule has 4 aromatic rings. The maximum absolute atomic E-state index is 12.6. The van der Waals surface area contributed by atoms with Crippen LogP contribution in [0.2, 0.25) is 0 Å². The number of hydrogen-bond acceptors (Lipinski definition) is 3. The first-order valence-corrected chi connectivity index (χ1v) is 9.79. The molecule has 5 nitrogen and oxygen atoms in total. The van der Waals surface area contributed by atoms with Gasteiger partial charge >= 0.3 is 0 Å². The Hall–Kier alpha value is -3.86. The van der Waals surface area contributed by atoms with Gasteiger partial charge in [-0.25, -0.2) is 0 Å². The van der Waals surface area contributed by atoms with E-state index in [1.165, 1.54) is 6.92 Å². The first kappa shape index (κ1) is 19.5. The topological polar surface area (TPSA) is 71.3 Å². The van der Waals surface area contributed by atoms with Crippen LogP contribution in [0, 0.1) is 0 Å². The van der Waals surface area contributed by atoms with Crippen LogP contribution < -0.4 is 10.6 Å². The number of benzene rings is 3. The Morgan fingerprint density at radius 2 is 1.60 bits per heavy atom. The van der Waals surface area contributed by atoms with E-state index in [0.29, 0.717) is 5.69 Å². The molecular formula is C25H22N2O3. The van der Waals surface area contributed by atoms with Gasteiger partial charge in [-0.2, -0.15) is 0 Å². The largest absolute Gasteiger partial charge is 0.456 e. The molecule has 30 heavy (non-hydrogen) atoms. The Morgan fingerprint density at radius 3 is 2.30 bits per heavy atom. The van der Waals surface area contributed by atoms with Crippen molar-refractivity contribution < 1.29 is 14.0 Å². The average Bonchev–Trinajstić information content (AvgIpc) is 3.18. The molecule has 1 heterocycles. The second kappa shape index (κ2) is 8.66. The van der Waals surface area contributed by atoms with Crippen LogP contribution in [0.1, 0.15) is 24.9 Å². The fourth-order valence-electron chi connectivity index (χ4n) is 3.42. The number of anilines is 1. The number of carbonyl (C=O) groups is 2. The summed E-state index contributed by atoms with van der Waals surface area (Å²) in [7, 11) is 0. The number of amides is 2. The minimum Gasteiger partial charge on any atom is -0.456 e. The minimum absolute atomic E-state index is 0.148. The highest BCUT2D eigenvalue weighted by atomic mass is 16.3. The van der Waals surface area contributed by atoms with E-state index in [4.69, 9.17) is 4.42 Å².